The third-order valence-electron chi connectivity index (χ3n) is 1.43. The van der Waals surface area contributed by atoms with Crippen LogP contribution in [0, 0.1) is 5.92 Å². The molecule has 0 aromatic carbocycles. The van der Waals surface area contributed by atoms with E-state index in [1.54, 1.807) is 6.08 Å². The summed E-state index contributed by atoms with van der Waals surface area (Å²) in [6.45, 7) is 1.98. The van der Waals surface area contributed by atoms with Gasteiger partial charge in [0.05, 0.1) is 0 Å². The van der Waals surface area contributed by atoms with Gasteiger partial charge in [-0.2, -0.15) is 0 Å². The van der Waals surface area contributed by atoms with Crippen LogP contribution in [0.5, 0.6) is 0 Å². The Kier molecular flexibility index (Phi) is 3.28. The molecule has 1 aliphatic carbocycles. The van der Waals surface area contributed by atoms with Crippen LogP contribution in [0.15, 0.2) is 11.8 Å². The van der Waals surface area contributed by atoms with Crippen molar-refractivity contribution < 1.29 is 24.0 Å². The Morgan fingerprint density at radius 1 is 1.75 bits per heavy atom. The molecule has 0 saturated heterocycles. The summed E-state index contributed by atoms with van der Waals surface area (Å²) >= 11 is 0. The molecule has 1 aliphatic rings. The van der Waals surface area contributed by atoms with Crippen molar-refractivity contribution in [2.24, 2.45) is 5.92 Å². The molecule has 0 aromatic heterocycles. The second kappa shape index (κ2) is 3.22. The van der Waals surface area contributed by atoms with Gasteiger partial charge >= 0.3 is 18.9 Å². The fourth-order valence-electron chi connectivity index (χ4n) is 0.819. The quantitative estimate of drug-likeness (QED) is 0.316. The van der Waals surface area contributed by atoms with Gasteiger partial charge in [-0.3, -0.25) is 0 Å². The van der Waals surface area contributed by atoms with Crippen molar-refractivity contribution in [2.75, 3.05) is 0 Å². The number of rotatable bonds is 0. The predicted octanol–water partition coefficient (Wildman–Crippen LogP) is -2.34. The summed E-state index contributed by atoms with van der Waals surface area (Å²) in [4.78, 5) is 0. The van der Waals surface area contributed by atoms with E-state index in [4.69, 9.17) is 0 Å². The molecule has 8 heavy (non-hydrogen) atoms. The molecular formula is C6H9LiO. The van der Waals surface area contributed by atoms with E-state index >= 15 is 0 Å². The minimum atomic E-state index is 0. The summed E-state index contributed by atoms with van der Waals surface area (Å²) in [5.74, 6) is 0.653. The van der Waals surface area contributed by atoms with E-state index in [1.165, 1.54) is 0 Å². The van der Waals surface area contributed by atoms with E-state index in [0.29, 0.717) is 11.7 Å². The van der Waals surface area contributed by atoms with E-state index in [-0.39, 0.29) is 18.9 Å². The molecule has 0 aliphatic heterocycles. The Bertz CT molecular complexity index is 98.7. The van der Waals surface area contributed by atoms with Gasteiger partial charge in [0.25, 0.3) is 0 Å². The first-order valence-corrected chi connectivity index (χ1v) is 2.68. The standard InChI is InChI=1S/C6H10O.Li/c1-5-3-2-4-6(5)7;/h4-5,7H,2-3H2,1H3;/q;+1/p-1. The Hall–Kier alpha value is 0.137. The summed E-state index contributed by atoms with van der Waals surface area (Å²) in [7, 11) is 0. The number of allylic oxidation sites excluding steroid dienone is 2. The molecule has 1 rings (SSSR count). The van der Waals surface area contributed by atoms with Gasteiger partial charge < -0.3 is 5.11 Å². The molecule has 1 atom stereocenters. The zero-order valence-electron chi connectivity index (χ0n) is 5.48. The Morgan fingerprint density at radius 3 is 2.50 bits per heavy atom. The van der Waals surface area contributed by atoms with Crippen LogP contribution in [0.2, 0.25) is 0 Å². The van der Waals surface area contributed by atoms with Gasteiger partial charge in [0, 0.05) is 0 Å². The zero-order valence-corrected chi connectivity index (χ0v) is 5.48. The van der Waals surface area contributed by atoms with Gasteiger partial charge in [0.2, 0.25) is 0 Å². The van der Waals surface area contributed by atoms with Crippen LogP contribution in [0.3, 0.4) is 0 Å². The van der Waals surface area contributed by atoms with Crippen LogP contribution in [-0.4, -0.2) is 0 Å². The Labute approximate surface area is 62.0 Å². The molecule has 0 spiro atoms. The van der Waals surface area contributed by atoms with Crippen molar-refractivity contribution in [1.82, 2.24) is 0 Å². The maximum absolute atomic E-state index is 10.5. The van der Waals surface area contributed by atoms with Crippen molar-refractivity contribution in [3.8, 4) is 0 Å². The number of hydrogen-bond donors (Lipinski definition) is 0. The molecule has 0 aromatic rings. The maximum atomic E-state index is 10.5. The van der Waals surface area contributed by atoms with Gasteiger partial charge in [-0.15, -0.1) is 5.76 Å². The third kappa shape index (κ3) is 1.58. The van der Waals surface area contributed by atoms with Crippen molar-refractivity contribution >= 4 is 0 Å². The van der Waals surface area contributed by atoms with Crippen LogP contribution < -0.4 is 24.0 Å². The molecule has 0 fully saturated rings. The molecule has 0 bridgehead atoms. The molecule has 0 amide bonds. The van der Waals surface area contributed by atoms with Crippen LogP contribution in [0.1, 0.15) is 19.8 Å². The monoisotopic (exact) mass is 104 g/mol. The first-order valence-electron chi connectivity index (χ1n) is 2.68. The van der Waals surface area contributed by atoms with E-state index in [2.05, 4.69) is 0 Å². The zero-order chi connectivity index (χ0) is 5.28. The van der Waals surface area contributed by atoms with Crippen LogP contribution >= 0.6 is 0 Å². The molecule has 1 unspecified atom stereocenters. The van der Waals surface area contributed by atoms with Crippen molar-refractivity contribution in [3.05, 3.63) is 11.8 Å². The summed E-state index contributed by atoms with van der Waals surface area (Å²) in [5, 5.41) is 10.5. The summed E-state index contributed by atoms with van der Waals surface area (Å²) in [6, 6.07) is 0. The summed E-state index contributed by atoms with van der Waals surface area (Å²) in [6.07, 6.45) is 3.85. The predicted molar refractivity (Wildman–Crippen MR) is 26.5 cm³/mol. The van der Waals surface area contributed by atoms with Crippen molar-refractivity contribution in [2.45, 2.75) is 19.8 Å². The normalized spacial score (nSPS) is 26.6. The first kappa shape index (κ1) is 8.14. The molecule has 2 heteroatoms. The van der Waals surface area contributed by atoms with Crippen molar-refractivity contribution in [1.29, 1.82) is 0 Å². The fraction of sp³-hybridized carbons (Fsp3) is 0.667. The summed E-state index contributed by atoms with van der Waals surface area (Å²) in [5.41, 5.74) is 0. The second-order valence-electron chi connectivity index (χ2n) is 2.08. The topological polar surface area (TPSA) is 23.1 Å². The van der Waals surface area contributed by atoms with Crippen molar-refractivity contribution in [3.63, 3.8) is 0 Å². The molecule has 1 nitrogen and oxygen atoms in total. The average molecular weight is 104 g/mol. The SMILES string of the molecule is CC1CCC=C1[O-].[Li+]. The van der Waals surface area contributed by atoms with E-state index in [9.17, 15) is 5.11 Å². The van der Waals surface area contributed by atoms with Crippen LogP contribution in [-0.2, 0) is 0 Å². The molecule has 0 saturated carbocycles. The maximum Gasteiger partial charge on any atom is 1.00 e. The second-order valence-corrected chi connectivity index (χ2v) is 2.08. The largest absolute Gasteiger partial charge is 1.00 e. The molecule has 0 radical (unpaired) electrons. The van der Waals surface area contributed by atoms with Gasteiger partial charge in [-0.05, 0) is 18.8 Å². The average Bonchev–Trinajstić information content (AvgIpc) is 1.91. The Balaban J connectivity index is 0.000000490. The molecule has 0 N–H and O–H groups in total. The fourth-order valence-corrected chi connectivity index (χ4v) is 0.819. The van der Waals surface area contributed by atoms with Gasteiger partial charge in [-0.25, -0.2) is 0 Å². The van der Waals surface area contributed by atoms with E-state index in [1.807, 2.05) is 6.92 Å². The van der Waals surface area contributed by atoms with E-state index < -0.39 is 0 Å². The number of hydrogen-bond acceptors (Lipinski definition) is 1. The Morgan fingerprint density at radius 2 is 2.38 bits per heavy atom. The third-order valence-corrected chi connectivity index (χ3v) is 1.43. The van der Waals surface area contributed by atoms with Gasteiger partial charge in [0.15, 0.2) is 0 Å². The molecule has 40 valence electrons. The smallest absolute Gasteiger partial charge is 0.875 e. The van der Waals surface area contributed by atoms with E-state index in [0.717, 1.165) is 12.8 Å². The van der Waals surface area contributed by atoms with Crippen LogP contribution in [0.25, 0.3) is 0 Å². The minimum Gasteiger partial charge on any atom is -0.875 e. The molecular weight excluding hydrogens is 95.0 g/mol. The van der Waals surface area contributed by atoms with Gasteiger partial charge in [-0.1, -0.05) is 13.0 Å². The summed E-state index contributed by atoms with van der Waals surface area (Å²) < 4.78 is 0. The van der Waals surface area contributed by atoms with Gasteiger partial charge in [0.1, 0.15) is 0 Å². The minimum absolute atomic E-state index is 0. The van der Waals surface area contributed by atoms with Crippen LogP contribution in [0.4, 0.5) is 0 Å². The molecule has 0 heterocycles. The first-order chi connectivity index (χ1) is 3.30.